The number of carbonyl (C=O) groups is 2. The van der Waals surface area contributed by atoms with E-state index < -0.39 is 41.8 Å². The van der Waals surface area contributed by atoms with Crippen molar-refractivity contribution >= 4 is 11.9 Å². The number of fused-ring (bicyclic) bond motifs is 1. The van der Waals surface area contributed by atoms with Crippen LogP contribution in [0.1, 0.15) is 23.1 Å². The highest BCUT2D eigenvalue weighted by Gasteiger charge is 2.41. The molecule has 0 bridgehead atoms. The van der Waals surface area contributed by atoms with E-state index in [4.69, 9.17) is 9.47 Å². The number of ether oxygens (including phenoxy) is 2. The molecule has 1 aromatic rings. The lowest BCUT2D eigenvalue weighted by molar-refractivity contribution is -0.144. The summed E-state index contributed by atoms with van der Waals surface area (Å²) in [4.78, 5) is 27.2. The average molecular weight is 481 g/mol. The summed E-state index contributed by atoms with van der Waals surface area (Å²) in [5.74, 6) is -0.246. The Labute approximate surface area is 184 Å². The van der Waals surface area contributed by atoms with Gasteiger partial charge in [0.2, 0.25) is 5.91 Å². The number of piperidine rings is 1. The number of nitrogens with one attached hydrogen (secondary N) is 1. The molecule has 3 saturated heterocycles. The maximum atomic E-state index is 13.2. The number of morpholine rings is 1. The second kappa shape index (κ2) is 8.67. The zero-order valence-corrected chi connectivity index (χ0v) is 17.2. The van der Waals surface area contributed by atoms with Crippen LogP contribution in [-0.4, -0.2) is 72.8 Å². The Kier molecular flexibility index (Phi) is 6.20. The smallest absolute Gasteiger partial charge is 0.370 e. The van der Waals surface area contributed by atoms with E-state index in [9.17, 15) is 35.9 Å². The van der Waals surface area contributed by atoms with Crippen molar-refractivity contribution in [2.24, 2.45) is 0 Å². The van der Waals surface area contributed by atoms with Gasteiger partial charge in [0, 0.05) is 13.1 Å². The molecule has 0 saturated carbocycles. The fourth-order valence-electron chi connectivity index (χ4n) is 4.12. The van der Waals surface area contributed by atoms with Gasteiger partial charge in [0.05, 0.1) is 49.1 Å². The lowest BCUT2D eigenvalue weighted by Crippen LogP contribution is -2.65. The van der Waals surface area contributed by atoms with Crippen molar-refractivity contribution < 1.29 is 45.4 Å². The van der Waals surface area contributed by atoms with E-state index >= 15 is 0 Å². The molecule has 3 aliphatic rings. The van der Waals surface area contributed by atoms with Crippen LogP contribution < -0.4 is 5.32 Å². The van der Waals surface area contributed by atoms with Crippen LogP contribution >= 0.6 is 0 Å². The Morgan fingerprint density at radius 1 is 1.09 bits per heavy atom. The molecule has 7 nitrogen and oxygen atoms in total. The quantitative estimate of drug-likeness (QED) is 0.675. The molecule has 0 aliphatic carbocycles. The molecule has 3 fully saturated rings. The summed E-state index contributed by atoms with van der Waals surface area (Å²) >= 11 is 0. The average Bonchev–Trinajstić information content (AvgIpc) is 2.70. The van der Waals surface area contributed by atoms with Gasteiger partial charge in [-0.2, -0.15) is 26.3 Å². The normalized spacial score (nSPS) is 24.2. The fourth-order valence-corrected chi connectivity index (χ4v) is 4.12. The number of alkyl halides is 6. The SMILES string of the molecule is O=C1COC2CCN(C(=O)N3CC(OCc4ccc(C(F)(F)F)cc4C(F)(F)F)C3)CC2N1. The lowest BCUT2D eigenvalue weighted by Gasteiger charge is -2.46. The highest BCUT2D eigenvalue weighted by atomic mass is 19.4. The summed E-state index contributed by atoms with van der Waals surface area (Å²) in [6, 6.07) is 0.850. The van der Waals surface area contributed by atoms with E-state index in [-0.39, 0.29) is 56.4 Å². The van der Waals surface area contributed by atoms with Gasteiger partial charge in [-0.3, -0.25) is 4.79 Å². The van der Waals surface area contributed by atoms with Crippen LogP contribution in [0.5, 0.6) is 0 Å². The highest BCUT2D eigenvalue weighted by molar-refractivity contribution is 5.79. The summed E-state index contributed by atoms with van der Waals surface area (Å²) in [7, 11) is 0. The Balaban J connectivity index is 1.30. The van der Waals surface area contributed by atoms with Crippen molar-refractivity contribution in [2.45, 2.75) is 43.6 Å². The molecule has 4 rings (SSSR count). The first kappa shape index (κ1) is 23.6. The van der Waals surface area contributed by atoms with Gasteiger partial charge < -0.3 is 24.6 Å². The van der Waals surface area contributed by atoms with Crippen molar-refractivity contribution in [1.82, 2.24) is 15.1 Å². The summed E-state index contributed by atoms with van der Waals surface area (Å²) < 4.78 is 88.9. The third-order valence-electron chi connectivity index (χ3n) is 5.93. The molecule has 0 spiro atoms. The number of amides is 3. The molecule has 3 heterocycles. The van der Waals surface area contributed by atoms with E-state index in [1.54, 1.807) is 4.90 Å². The monoisotopic (exact) mass is 481 g/mol. The number of nitrogens with zero attached hydrogens (tertiary/aromatic N) is 2. The van der Waals surface area contributed by atoms with Crippen molar-refractivity contribution in [3.63, 3.8) is 0 Å². The summed E-state index contributed by atoms with van der Waals surface area (Å²) in [6.45, 7) is 0.491. The minimum absolute atomic E-state index is 0.00472. The van der Waals surface area contributed by atoms with Crippen molar-refractivity contribution in [3.8, 4) is 0 Å². The van der Waals surface area contributed by atoms with Crippen LogP contribution in [0.4, 0.5) is 31.1 Å². The molecule has 0 radical (unpaired) electrons. The largest absolute Gasteiger partial charge is 0.416 e. The molecule has 3 amide bonds. The molecule has 2 unspecified atom stereocenters. The number of rotatable bonds is 3. The Morgan fingerprint density at radius 2 is 1.82 bits per heavy atom. The summed E-state index contributed by atoms with van der Waals surface area (Å²) in [5.41, 5.74) is -3.19. The number of benzene rings is 1. The lowest BCUT2D eigenvalue weighted by atomic mass is 10.0. The standard InChI is InChI=1S/C20H21F6N3O4/c21-19(22,23)12-2-1-11(14(5-12)20(24,25)26)9-32-13-6-29(7-13)18(31)28-4-3-16-15(8-28)27-17(30)10-33-16/h1-2,5,13,15-16H,3-4,6-10H2,(H,27,30). The maximum Gasteiger partial charge on any atom is 0.416 e. The van der Waals surface area contributed by atoms with Gasteiger partial charge in [0.1, 0.15) is 6.61 Å². The molecule has 1 aromatic carbocycles. The molecule has 1 N–H and O–H groups in total. The zero-order valence-electron chi connectivity index (χ0n) is 17.2. The van der Waals surface area contributed by atoms with Crippen molar-refractivity contribution in [3.05, 3.63) is 34.9 Å². The number of halogens is 6. The van der Waals surface area contributed by atoms with Gasteiger partial charge in [0.25, 0.3) is 0 Å². The van der Waals surface area contributed by atoms with Gasteiger partial charge in [-0.1, -0.05) is 6.07 Å². The van der Waals surface area contributed by atoms with Gasteiger partial charge >= 0.3 is 18.4 Å². The van der Waals surface area contributed by atoms with Gasteiger partial charge in [-0.05, 0) is 24.1 Å². The third-order valence-corrected chi connectivity index (χ3v) is 5.93. The fraction of sp³-hybridized carbons (Fsp3) is 0.600. The van der Waals surface area contributed by atoms with E-state index in [0.29, 0.717) is 19.0 Å². The van der Waals surface area contributed by atoms with Gasteiger partial charge in [-0.15, -0.1) is 0 Å². The third kappa shape index (κ3) is 5.18. The van der Waals surface area contributed by atoms with Gasteiger partial charge in [-0.25, -0.2) is 4.79 Å². The highest BCUT2D eigenvalue weighted by Crippen LogP contribution is 2.37. The number of urea groups is 1. The van der Waals surface area contributed by atoms with Crippen LogP contribution in [0, 0.1) is 0 Å². The summed E-state index contributed by atoms with van der Waals surface area (Å²) in [6.07, 6.45) is -9.97. The second-order valence-electron chi connectivity index (χ2n) is 8.25. The van der Waals surface area contributed by atoms with Crippen LogP contribution in [-0.2, 0) is 33.2 Å². The van der Waals surface area contributed by atoms with E-state index in [2.05, 4.69) is 5.32 Å². The molecule has 182 valence electrons. The Morgan fingerprint density at radius 3 is 2.48 bits per heavy atom. The molecule has 0 aromatic heterocycles. The minimum Gasteiger partial charge on any atom is -0.370 e. The first-order valence-corrected chi connectivity index (χ1v) is 10.3. The van der Waals surface area contributed by atoms with Crippen LogP contribution in [0.25, 0.3) is 0 Å². The van der Waals surface area contributed by atoms with Crippen LogP contribution in [0.2, 0.25) is 0 Å². The predicted molar refractivity (Wildman–Crippen MR) is 99.9 cm³/mol. The van der Waals surface area contributed by atoms with E-state index in [0.717, 1.165) is 6.07 Å². The topological polar surface area (TPSA) is 71.1 Å². The Hall–Kier alpha value is -2.54. The number of hydrogen-bond acceptors (Lipinski definition) is 4. The molecular formula is C20H21F6N3O4. The Bertz CT molecular complexity index is 916. The van der Waals surface area contributed by atoms with Gasteiger partial charge in [0.15, 0.2) is 0 Å². The predicted octanol–water partition coefficient (Wildman–Crippen LogP) is 2.63. The van der Waals surface area contributed by atoms with Crippen LogP contribution in [0.3, 0.4) is 0 Å². The molecule has 33 heavy (non-hydrogen) atoms. The maximum absolute atomic E-state index is 13.2. The van der Waals surface area contributed by atoms with Crippen molar-refractivity contribution in [2.75, 3.05) is 32.8 Å². The molecule has 3 aliphatic heterocycles. The number of hydrogen-bond donors (Lipinski definition) is 1. The molecule has 13 heteroatoms. The second-order valence-corrected chi connectivity index (χ2v) is 8.25. The van der Waals surface area contributed by atoms with E-state index in [1.165, 1.54) is 4.90 Å². The van der Waals surface area contributed by atoms with Crippen molar-refractivity contribution in [1.29, 1.82) is 0 Å². The first-order valence-electron chi connectivity index (χ1n) is 10.3. The number of likely N-dealkylation sites (tertiary alicyclic amines) is 2. The van der Waals surface area contributed by atoms with Crippen LogP contribution in [0.15, 0.2) is 18.2 Å². The number of carbonyl (C=O) groups excluding carboxylic acids is 2. The minimum atomic E-state index is -4.97. The van der Waals surface area contributed by atoms with E-state index in [1.807, 2.05) is 0 Å². The summed E-state index contributed by atoms with van der Waals surface area (Å²) in [5, 5.41) is 2.79. The first-order chi connectivity index (χ1) is 15.4. The molecule has 2 atom stereocenters. The molecular weight excluding hydrogens is 460 g/mol. The zero-order chi connectivity index (χ0) is 24.0.